The highest BCUT2D eigenvalue weighted by atomic mass is 19.4. The van der Waals surface area contributed by atoms with Crippen LogP contribution in [0.3, 0.4) is 0 Å². The van der Waals surface area contributed by atoms with E-state index in [2.05, 4.69) is 0 Å². The lowest BCUT2D eigenvalue weighted by Crippen LogP contribution is -2.60. The molecule has 0 atom stereocenters. The molecule has 0 aliphatic rings. The Hall–Kier alpha value is -0.960. The zero-order chi connectivity index (χ0) is 15.5. The van der Waals surface area contributed by atoms with Gasteiger partial charge in [-0.05, 0) is 12.8 Å². The van der Waals surface area contributed by atoms with Gasteiger partial charge in [0.2, 0.25) is 0 Å². The fourth-order valence-electron chi connectivity index (χ4n) is 1.14. The topological polar surface area (TPSA) is 17.1 Å². The van der Waals surface area contributed by atoms with Crippen LogP contribution in [0.25, 0.3) is 0 Å². The average Bonchev–Trinajstić information content (AvgIpc) is 2.22. The second-order valence-electron chi connectivity index (χ2n) is 3.76. The quantitative estimate of drug-likeness (QED) is 0.391. The Morgan fingerprint density at radius 3 is 1.58 bits per heavy atom. The van der Waals surface area contributed by atoms with Crippen molar-refractivity contribution >= 4 is 6.29 Å². The van der Waals surface area contributed by atoms with Crippen LogP contribution in [-0.2, 0) is 4.79 Å². The van der Waals surface area contributed by atoms with Crippen LogP contribution in [0.5, 0.6) is 0 Å². The Kier molecular flexibility index (Phi) is 5.29. The summed E-state index contributed by atoms with van der Waals surface area (Å²) in [6.45, 7) is 0. The van der Waals surface area contributed by atoms with Crippen LogP contribution in [0.2, 0.25) is 0 Å². The number of aldehydes is 1. The molecule has 0 saturated carbocycles. The van der Waals surface area contributed by atoms with E-state index in [1.54, 1.807) is 0 Å². The van der Waals surface area contributed by atoms with Gasteiger partial charge in [-0.1, -0.05) is 0 Å². The lowest BCUT2D eigenvalue weighted by molar-refractivity contribution is -0.396. The highest BCUT2D eigenvalue weighted by Crippen LogP contribution is 2.54. The standard InChI is InChI=1S/C9H9F9O/c10-6(11,4-2-1-3-5-19)7(12,13)8(14,15)9(16,17)18/h5H,1-4H2. The summed E-state index contributed by atoms with van der Waals surface area (Å²) in [5.41, 5.74) is 0. The summed E-state index contributed by atoms with van der Waals surface area (Å²) in [5.74, 6) is -18.9. The van der Waals surface area contributed by atoms with E-state index in [1.165, 1.54) is 0 Å². The molecular weight excluding hydrogens is 295 g/mol. The van der Waals surface area contributed by atoms with E-state index in [1.807, 2.05) is 0 Å². The third kappa shape index (κ3) is 3.53. The average molecular weight is 304 g/mol. The van der Waals surface area contributed by atoms with E-state index in [9.17, 15) is 44.3 Å². The first-order valence-corrected chi connectivity index (χ1v) is 4.95. The molecule has 0 saturated heterocycles. The first-order valence-electron chi connectivity index (χ1n) is 4.95. The fraction of sp³-hybridized carbons (Fsp3) is 0.889. The van der Waals surface area contributed by atoms with E-state index < -0.39 is 36.8 Å². The predicted molar refractivity (Wildman–Crippen MR) is 45.4 cm³/mol. The molecule has 0 aliphatic heterocycles. The zero-order valence-corrected chi connectivity index (χ0v) is 9.22. The van der Waals surface area contributed by atoms with Crippen molar-refractivity contribution < 1.29 is 44.3 Å². The zero-order valence-electron chi connectivity index (χ0n) is 9.22. The molecule has 0 N–H and O–H groups in total. The molecule has 0 bridgehead atoms. The summed E-state index contributed by atoms with van der Waals surface area (Å²) < 4.78 is 111. The molecule has 0 rings (SSSR count). The van der Waals surface area contributed by atoms with Crippen molar-refractivity contribution in [3.05, 3.63) is 0 Å². The maximum atomic E-state index is 12.8. The maximum absolute atomic E-state index is 12.8. The lowest BCUT2D eigenvalue weighted by atomic mass is 9.98. The largest absolute Gasteiger partial charge is 0.460 e. The number of hydrogen-bond donors (Lipinski definition) is 0. The van der Waals surface area contributed by atoms with Gasteiger partial charge in [-0.2, -0.15) is 39.5 Å². The van der Waals surface area contributed by atoms with Crippen molar-refractivity contribution in [2.24, 2.45) is 0 Å². The van der Waals surface area contributed by atoms with Crippen LogP contribution in [0.1, 0.15) is 25.7 Å². The van der Waals surface area contributed by atoms with Gasteiger partial charge < -0.3 is 4.79 Å². The van der Waals surface area contributed by atoms with Gasteiger partial charge in [-0.3, -0.25) is 0 Å². The van der Waals surface area contributed by atoms with Crippen LogP contribution in [-0.4, -0.2) is 30.2 Å². The minimum absolute atomic E-state index is 0.278. The van der Waals surface area contributed by atoms with E-state index in [4.69, 9.17) is 0 Å². The Labute approximate surface area is 101 Å². The predicted octanol–water partition coefficient (Wildman–Crippen LogP) is 4.21. The van der Waals surface area contributed by atoms with Crippen molar-refractivity contribution in [1.29, 1.82) is 0 Å². The second kappa shape index (κ2) is 5.58. The molecule has 0 amide bonds. The summed E-state index contributed by atoms with van der Waals surface area (Å²) in [5, 5.41) is 0. The van der Waals surface area contributed by atoms with E-state index in [0.717, 1.165) is 0 Å². The molecular formula is C9H9F9O. The van der Waals surface area contributed by atoms with Gasteiger partial charge in [-0.15, -0.1) is 0 Å². The fourth-order valence-corrected chi connectivity index (χ4v) is 1.14. The summed E-state index contributed by atoms with van der Waals surface area (Å²) in [4.78, 5) is 9.81. The molecule has 10 heteroatoms. The number of unbranched alkanes of at least 4 members (excludes halogenated alkanes) is 2. The number of rotatable bonds is 7. The SMILES string of the molecule is O=CCCCCC(F)(F)C(F)(F)C(F)(F)C(F)(F)F. The summed E-state index contributed by atoms with van der Waals surface area (Å²) in [6.07, 6.45) is -9.76. The molecule has 0 heterocycles. The van der Waals surface area contributed by atoms with Crippen molar-refractivity contribution in [3.8, 4) is 0 Å². The molecule has 0 spiro atoms. The van der Waals surface area contributed by atoms with Crippen LogP contribution in [0.4, 0.5) is 39.5 Å². The van der Waals surface area contributed by atoms with Gasteiger partial charge in [0.05, 0.1) is 0 Å². The van der Waals surface area contributed by atoms with E-state index in [-0.39, 0.29) is 19.1 Å². The molecule has 0 unspecified atom stereocenters. The smallest absolute Gasteiger partial charge is 0.303 e. The molecule has 0 fully saturated rings. The molecule has 114 valence electrons. The van der Waals surface area contributed by atoms with Crippen molar-refractivity contribution in [3.63, 3.8) is 0 Å². The monoisotopic (exact) mass is 304 g/mol. The van der Waals surface area contributed by atoms with Gasteiger partial charge >= 0.3 is 23.9 Å². The van der Waals surface area contributed by atoms with Gasteiger partial charge in [0.1, 0.15) is 6.29 Å². The highest BCUT2D eigenvalue weighted by molar-refractivity contribution is 5.48. The number of carbonyl (C=O) groups excluding carboxylic acids is 1. The third-order valence-corrected chi connectivity index (χ3v) is 2.27. The number of halogens is 9. The molecule has 1 nitrogen and oxygen atoms in total. The van der Waals surface area contributed by atoms with Crippen molar-refractivity contribution in [2.45, 2.75) is 49.6 Å². The van der Waals surface area contributed by atoms with Gasteiger partial charge in [0.25, 0.3) is 0 Å². The van der Waals surface area contributed by atoms with Crippen LogP contribution in [0.15, 0.2) is 0 Å². The Bertz CT molecular complexity index is 307. The second-order valence-corrected chi connectivity index (χ2v) is 3.76. The van der Waals surface area contributed by atoms with Gasteiger partial charge in [0, 0.05) is 12.8 Å². The first-order chi connectivity index (χ1) is 8.31. The van der Waals surface area contributed by atoms with E-state index in [0.29, 0.717) is 0 Å². The minimum Gasteiger partial charge on any atom is -0.303 e. The normalized spacial score (nSPS) is 14.6. The van der Waals surface area contributed by atoms with Crippen LogP contribution >= 0.6 is 0 Å². The van der Waals surface area contributed by atoms with Crippen LogP contribution < -0.4 is 0 Å². The summed E-state index contributed by atoms with van der Waals surface area (Å²) >= 11 is 0. The number of hydrogen-bond acceptors (Lipinski definition) is 1. The Morgan fingerprint density at radius 1 is 0.737 bits per heavy atom. The maximum Gasteiger partial charge on any atom is 0.460 e. The molecule has 0 aliphatic carbocycles. The number of alkyl halides is 9. The Balaban J connectivity index is 5.00. The van der Waals surface area contributed by atoms with Crippen molar-refractivity contribution in [2.75, 3.05) is 0 Å². The molecule has 0 aromatic rings. The van der Waals surface area contributed by atoms with E-state index >= 15 is 0 Å². The number of carbonyl (C=O) groups is 1. The summed E-state index contributed by atoms with van der Waals surface area (Å²) in [6, 6.07) is 0. The highest BCUT2D eigenvalue weighted by Gasteiger charge is 2.81. The van der Waals surface area contributed by atoms with Gasteiger partial charge in [0.15, 0.2) is 0 Å². The van der Waals surface area contributed by atoms with Crippen molar-refractivity contribution in [1.82, 2.24) is 0 Å². The first kappa shape index (κ1) is 18.0. The third-order valence-electron chi connectivity index (χ3n) is 2.27. The summed E-state index contributed by atoms with van der Waals surface area (Å²) in [7, 11) is 0. The molecule has 0 radical (unpaired) electrons. The molecule has 0 aromatic carbocycles. The Morgan fingerprint density at radius 2 is 1.21 bits per heavy atom. The minimum atomic E-state index is -6.84. The lowest BCUT2D eigenvalue weighted by Gasteiger charge is -2.33. The van der Waals surface area contributed by atoms with Gasteiger partial charge in [-0.25, -0.2) is 0 Å². The molecule has 0 aromatic heterocycles. The van der Waals surface area contributed by atoms with Crippen LogP contribution in [0, 0.1) is 0 Å². The molecule has 19 heavy (non-hydrogen) atoms.